The molecule has 1 aliphatic rings. The van der Waals surface area contributed by atoms with Crippen LogP contribution in [0.4, 0.5) is 0 Å². The molecule has 0 bridgehead atoms. The lowest BCUT2D eigenvalue weighted by Gasteiger charge is -2.31. The van der Waals surface area contributed by atoms with Gasteiger partial charge in [0.1, 0.15) is 0 Å². The molecular weight excluding hydrogens is 216 g/mol. The smallest absolute Gasteiger partial charge is 0.0354 e. The van der Waals surface area contributed by atoms with Crippen molar-refractivity contribution in [2.75, 3.05) is 0 Å². The molecule has 0 aromatic carbocycles. The third kappa shape index (κ3) is 7.44. The molecule has 0 radical (unpaired) electrons. The van der Waals surface area contributed by atoms with E-state index in [4.69, 9.17) is 0 Å². The van der Waals surface area contributed by atoms with Gasteiger partial charge in [-0.1, -0.05) is 91.4 Å². The first-order valence-electron chi connectivity index (χ1n) is 8.61. The maximum atomic E-state index is 2.45. The quantitative estimate of drug-likeness (QED) is 0.448. The van der Waals surface area contributed by atoms with Crippen molar-refractivity contribution >= 4 is 0 Å². The van der Waals surface area contributed by atoms with Gasteiger partial charge in [0, 0.05) is 0 Å². The first-order chi connectivity index (χ1) is 8.61. The van der Waals surface area contributed by atoms with Crippen LogP contribution in [-0.4, -0.2) is 0 Å². The molecule has 0 unspecified atom stereocenters. The van der Waals surface area contributed by atoms with Gasteiger partial charge in [-0.2, -0.15) is 0 Å². The van der Waals surface area contributed by atoms with Gasteiger partial charge >= 0.3 is 0 Å². The molecule has 0 N–H and O–H groups in total. The molecule has 18 heavy (non-hydrogen) atoms. The zero-order valence-corrected chi connectivity index (χ0v) is 13.3. The van der Waals surface area contributed by atoms with E-state index >= 15 is 0 Å². The molecule has 0 saturated heterocycles. The molecule has 0 atom stereocenters. The van der Waals surface area contributed by atoms with Crippen LogP contribution in [0.5, 0.6) is 0 Å². The summed E-state index contributed by atoms with van der Waals surface area (Å²) < 4.78 is 0. The van der Waals surface area contributed by atoms with E-state index in [0.717, 1.165) is 5.92 Å². The second kappa shape index (κ2) is 8.99. The molecule has 108 valence electrons. The Bertz CT molecular complexity index is 173. The zero-order chi connectivity index (χ0) is 13.3. The van der Waals surface area contributed by atoms with Crippen LogP contribution in [0.15, 0.2) is 0 Å². The van der Waals surface area contributed by atoms with Gasteiger partial charge in [-0.05, 0) is 24.2 Å². The van der Waals surface area contributed by atoms with Crippen molar-refractivity contribution in [3.63, 3.8) is 0 Å². The summed E-state index contributed by atoms with van der Waals surface area (Å²) in [5.74, 6) is 0.959. The minimum atomic E-state index is 0.525. The van der Waals surface area contributed by atoms with Gasteiger partial charge in [0.15, 0.2) is 0 Å². The van der Waals surface area contributed by atoms with Crippen molar-refractivity contribution in [3.05, 3.63) is 0 Å². The third-order valence-electron chi connectivity index (χ3n) is 4.83. The minimum absolute atomic E-state index is 0.525. The zero-order valence-electron chi connectivity index (χ0n) is 13.3. The molecule has 0 heterocycles. The second-order valence-electron chi connectivity index (χ2n) is 7.53. The Morgan fingerprint density at radius 1 is 0.500 bits per heavy atom. The average molecular weight is 252 g/mol. The molecule has 1 aliphatic carbocycles. The Hall–Kier alpha value is 0. The highest BCUT2D eigenvalue weighted by Crippen LogP contribution is 2.34. The highest BCUT2D eigenvalue weighted by atomic mass is 14.3. The van der Waals surface area contributed by atoms with E-state index in [1.54, 1.807) is 0 Å². The van der Waals surface area contributed by atoms with Crippen LogP contribution in [0.1, 0.15) is 104 Å². The summed E-state index contributed by atoms with van der Waals surface area (Å²) in [6, 6.07) is 0. The number of hydrogen-bond acceptors (Lipinski definition) is 0. The molecule has 1 rings (SSSR count). The Morgan fingerprint density at radius 3 is 1.06 bits per heavy atom. The Kier molecular flexibility index (Phi) is 8.02. The monoisotopic (exact) mass is 252 g/mol. The SMILES string of the molecule is CC(C)(C)C1CCCCCCCCCCCCC1. The summed E-state index contributed by atoms with van der Waals surface area (Å²) in [7, 11) is 0. The van der Waals surface area contributed by atoms with Gasteiger partial charge in [-0.15, -0.1) is 0 Å². The first kappa shape index (κ1) is 16.1. The summed E-state index contributed by atoms with van der Waals surface area (Å²) in [4.78, 5) is 0. The van der Waals surface area contributed by atoms with Gasteiger partial charge in [0.25, 0.3) is 0 Å². The van der Waals surface area contributed by atoms with Gasteiger partial charge < -0.3 is 0 Å². The standard InChI is InChI=1S/C18H36/c1-18(2,3)17-15-13-11-9-7-5-4-6-8-10-12-14-16-17/h17H,4-16H2,1-3H3. The van der Waals surface area contributed by atoms with E-state index in [9.17, 15) is 0 Å². The fourth-order valence-corrected chi connectivity index (χ4v) is 3.38. The van der Waals surface area contributed by atoms with Crippen molar-refractivity contribution in [3.8, 4) is 0 Å². The fraction of sp³-hybridized carbons (Fsp3) is 1.00. The lowest BCUT2D eigenvalue weighted by molar-refractivity contribution is 0.200. The first-order valence-corrected chi connectivity index (χ1v) is 8.61. The van der Waals surface area contributed by atoms with E-state index in [1.165, 1.54) is 83.5 Å². The molecule has 0 nitrogen and oxygen atoms in total. The van der Waals surface area contributed by atoms with Crippen molar-refractivity contribution in [2.45, 2.75) is 104 Å². The van der Waals surface area contributed by atoms with Crippen LogP contribution in [0.3, 0.4) is 0 Å². The number of hydrogen-bond donors (Lipinski definition) is 0. The van der Waals surface area contributed by atoms with Gasteiger partial charge in [0.2, 0.25) is 0 Å². The molecule has 1 fully saturated rings. The topological polar surface area (TPSA) is 0 Å². The highest BCUT2D eigenvalue weighted by Gasteiger charge is 2.23. The normalized spacial score (nSPS) is 23.5. The summed E-state index contributed by atoms with van der Waals surface area (Å²) in [6.45, 7) is 7.34. The lowest BCUT2D eigenvalue weighted by Crippen LogP contribution is -2.20. The summed E-state index contributed by atoms with van der Waals surface area (Å²) in [5, 5.41) is 0. The third-order valence-corrected chi connectivity index (χ3v) is 4.83. The largest absolute Gasteiger partial charge is 0.0599 e. The molecular formula is C18H36. The van der Waals surface area contributed by atoms with Gasteiger partial charge in [-0.25, -0.2) is 0 Å². The molecule has 1 saturated carbocycles. The molecule has 0 spiro atoms. The second-order valence-corrected chi connectivity index (χ2v) is 7.53. The van der Waals surface area contributed by atoms with Crippen molar-refractivity contribution in [1.82, 2.24) is 0 Å². The van der Waals surface area contributed by atoms with Crippen molar-refractivity contribution < 1.29 is 0 Å². The van der Waals surface area contributed by atoms with E-state index < -0.39 is 0 Å². The average Bonchev–Trinajstić information content (AvgIpc) is 2.30. The summed E-state index contributed by atoms with van der Waals surface area (Å²) >= 11 is 0. The lowest BCUT2D eigenvalue weighted by atomic mass is 9.75. The van der Waals surface area contributed by atoms with Crippen LogP contribution in [0, 0.1) is 11.3 Å². The van der Waals surface area contributed by atoms with E-state index in [1.807, 2.05) is 0 Å². The van der Waals surface area contributed by atoms with E-state index in [2.05, 4.69) is 20.8 Å². The predicted molar refractivity (Wildman–Crippen MR) is 83.0 cm³/mol. The molecule has 0 aromatic heterocycles. The Labute approximate surface area is 116 Å². The van der Waals surface area contributed by atoms with Crippen molar-refractivity contribution in [2.24, 2.45) is 11.3 Å². The summed E-state index contributed by atoms with van der Waals surface area (Å²) in [5.41, 5.74) is 0.525. The molecule has 0 aliphatic heterocycles. The van der Waals surface area contributed by atoms with Gasteiger partial charge in [0.05, 0.1) is 0 Å². The van der Waals surface area contributed by atoms with Crippen LogP contribution < -0.4 is 0 Å². The van der Waals surface area contributed by atoms with Crippen LogP contribution in [0.25, 0.3) is 0 Å². The van der Waals surface area contributed by atoms with E-state index in [0.29, 0.717) is 5.41 Å². The maximum Gasteiger partial charge on any atom is -0.0354 e. The highest BCUT2D eigenvalue weighted by molar-refractivity contribution is 4.74. The summed E-state index contributed by atoms with van der Waals surface area (Å²) in [6.07, 6.45) is 19.3. The Morgan fingerprint density at radius 2 is 0.778 bits per heavy atom. The molecule has 0 amide bonds. The molecule has 0 heteroatoms. The van der Waals surface area contributed by atoms with Crippen LogP contribution >= 0.6 is 0 Å². The van der Waals surface area contributed by atoms with Gasteiger partial charge in [-0.3, -0.25) is 0 Å². The van der Waals surface area contributed by atoms with Crippen molar-refractivity contribution in [1.29, 1.82) is 0 Å². The Balaban J connectivity index is 2.34. The predicted octanol–water partition coefficient (Wildman–Crippen LogP) is 6.73. The molecule has 0 aromatic rings. The van der Waals surface area contributed by atoms with E-state index in [-0.39, 0.29) is 0 Å². The maximum absolute atomic E-state index is 2.45. The van der Waals surface area contributed by atoms with Crippen LogP contribution in [-0.2, 0) is 0 Å². The number of rotatable bonds is 0. The fourth-order valence-electron chi connectivity index (χ4n) is 3.38. The van der Waals surface area contributed by atoms with Crippen LogP contribution in [0.2, 0.25) is 0 Å². The minimum Gasteiger partial charge on any atom is -0.0599 e.